The van der Waals surface area contributed by atoms with Crippen LogP contribution >= 0.6 is 0 Å². The zero-order valence-corrected chi connectivity index (χ0v) is 10.1. The summed E-state index contributed by atoms with van der Waals surface area (Å²) in [4.78, 5) is 0. The molecule has 0 atom stereocenters. The second-order valence-electron chi connectivity index (χ2n) is 3.76. The maximum atomic E-state index is 5.56. The average Bonchev–Trinajstić information content (AvgIpc) is 2.34. The molecule has 16 heavy (non-hydrogen) atoms. The molecule has 0 aliphatic rings. The van der Waals surface area contributed by atoms with Gasteiger partial charge in [0, 0.05) is 13.2 Å². The number of hydrogen-bond acceptors (Lipinski definition) is 2. The van der Waals surface area contributed by atoms with Crippen molar-refractivity contribution < 1.29 is 9.47 Å². The van der Waals surface area contributed by atoms with Crippen LogP contribution in [0, 0.1) is 6.07 Å². The van der Waals surface area contributed by atoms with Gasteiger partial charge in [-0.1, -0.05) is 25.5 Å². The predicted octanol–water partition coefficient (Wildman–Crippen LogP) is 3.46. The fraction of sp³-hybridized carbons (Fsp3) is 0.571. The van der Waals surface area contributed by atoms with E-state index in [-0.39, 0.29) is 0 Å². The van der Waals surface area contributed by atoms with E-state index in [1.165, 1.54) is 6.42 Å². The molecule has 0 unspecified atom stereocenters. The highest BCUT2D eigenvalue weighted by Crippen LogP contribution is 2.08. The molecule has 2 nitrogen and oxygen atoms in total. The Hall–Kier alpha value is -1.02. The summed E-state index contributed by atoms with van der Waals surface area (Å²) in [5, 5.41) is 0. The molecule has 0 heterocycles. The van der Waals surface area contributed by atoms with Crippen LogP contribution in [0.15, 0.2) is 24.3 Å². The normalized spacial score (nSPS) is 10.3. The van der Waals surface area contributed by atoms with Gasteiger partial charge in [0.15, 0.2) is 0 Å². The molecule has 0 bridgehead atoms. The fourth-order valence-electron chi connectivity index (χ4n) is 1.31. The van der Waals surface area contributed by atoms with Crippen LogP contribution in [0.1, 0.15) is 32.6 Å². The van der Waals surface area contributed by atoms with Gasteiger partial charge in [-0.2, -0.15) is 0 Å². The lowest BCUT2D eigenvalue weighted by atomic mass is 10.3. The number of unbranched alkanes of at least 4 members (excludes halogenated alkanes) is 2. The Labute approximate surface area is 98.6 Å². The van der Waals surface area contributed by atoms with E-state index in [2.05, 4.69) is 13.0 Å². The number of benzene rings is 1. The molecule has 0 saturated heterocycles. The molecule has 89 valence electrons. The standard InChI is InChI=1S/C14H21O2/c1-2-3-11-15-12-7-8-13-16-14-9-5-4-6-10-14/h5-6,9-10H,2-3,7-8,11-13H2,1H3. The lowest BCUT2D eigenvalue weighted by Gasteiger charge is -2.06. The summed E-state index contributed by atoms with van der Waals surface area (Å²) in [6, 6.07) is 10.5. The summed E-state index contributed by atoms with van der Waals surface area (Å²) in [5.41, 5.74) is 0. The van der Waals surface area contributed by atoms with Crippen LogP contribution in [0.5, 0.6) is 5.75 Å². The van der Waals surface area contributed by atoms with E-state index >= 15 is 0 Å². The van der Waals surface area contributed by atoms with Crippen LogP contribution in [0.25, 0.3) is 0 Å². The Morgan fingerprint density at radius 3 is 2.44 bits per heavy atom. The zero-order chi connectivity index (χ0) is 11.5. The SMILES string of the molecule is CCCCOCCCCOc1cc[c]cc1. The predicted molar refractivity (Wildman–Crippen MR) is 65.7 cm³/mol. The van der Waals surface area contributed by atoms with Crippen molar-refractivity contribution in [1.29, 1.82) is 0 Å². The molecule has 0 aliphatic heterocycles. The van der Waals surface area contributed by atoms with Crippen molar-refractivity contribution in [3.63, 3.8) is 0 Å². The van der Waals surface area contributed by atoms with Gasteiger partial charge in [-0.25, -0.2) is 0 Å². The molecule has 1 aromatic rings. The van der Waals surface area contributed by atoms with E-state index in [1.54, 1.807) is 0 Å². The molecule has 0 aliphatic carbocycles. The highest BCUT2D eigenvalue weighted by atomic mass is 16.5. The van der Waals surface area contributed by atoms with Crippen LogP contribution < -0.4 is 4.74 Å². The molecule has 1 radical (unpaired) electrons. The first-order valence-corrected chi connectivity index (χ1v) is 6.10. The van der Waals surface area contributed by atoms with E-state index in [9.17, 15) is 0 Å². The minimum absolute atomic E-state index is 0.765. The van der Waals surface area contributed by atoms with Crippen molar-refractivity contribution >= 4 is 0 Å². The first kappa shape index (κ1) is 13.0. The first-order valence-electron chi connectivity index (χ1n) is 6.10. The summed E-state index contributed by atoms with van der Waals surface area (Å²) in [6.07, 6.45) is 4.48. The Bertz CT molecular complexity index is 246. The molecule has 0 fully saturated rings. The number of rotatable bonds is 9. The second kappa shape index (κ2) is 9.22. The van der Waals surface area contributed by atoms with Crippen molar-refractivity contribution in [2.45, 2.75) is 32.6 Å². The molecular formula is C14H21O2. The van der Waals surface area contributed by atoms with Gasteiger partial charge in [0.25, 0.3) is 0 Å². The molecule has 0 spiro atoms. The molecule has 1 aromatic carbocycles. The topological polar surface area (TPSA) is 18.5 Å². The van der Waals surface area contributed by atoms with E-state index in [4.69, 9.17) is 9.47 Å². The van der Waals surface area contributed by atoms with Gasteiger partial charge >= 0.3 is 0 Å². The molecule has 0 N–H and O–H groups in total. The molecule has 0 amide bonds. The van der Waals surface area contributed by atoms with Crippen molar-refractivity contribution in [2.75, 3.05) is 19.8 Å². The van der Waals surface area contributed by atoms with Crippen molar-refractivity contribution in [3.8, 4) is 5.75 Å². The van der Waals surface area contributed by atoms with Crippen LogP contribution in [-0.2, 0) is 4.74 Å². The highest BCUT2D eigenvalue weighted by molar-refractivity contribution is 5.20. The summed E-state index contributed by atoms with van der Waals surface area (Å²) < 4.78 is 11.0. The van der Waals surface area contributed by atoms with Crippen LogP contribution in [0.3, 0.4) is 0 Å². The van der Waals surface area contributed by atoms with Gasteiger partial charge in [-0.05, 0) is 37.5 Å². The van der Waals surface area contributed by atoms with Gasteiger partial charge in [-0.15, -0.1) is 0 Å². The smallest absolute Gasteiger partial charge is 0.119 e. The van der Waals surface area contributed by atoms with Crippen LogP contribution in [0.2, 0.25) is 0 Å². The van der Waals surface area contributed by atoms with E-state index in [1.807, 2.05) is 24.3 Å². The van der Waals surface area contributed by atoms with Crippen molar-refractivity contribution in [3.05, 3.63) is 30.3 Å². The third-order valence-electron chi connectivity index (χ3n) is 2.28. The molecule has 0 saturated carbocycles. The Morgan fingerprint density at radius 2 is 1.69 bits per heavy atom. The Morgan fingerprint density at radius 1 is 1.00 bits per heavy atom. The first-order chi connectivity index (χ1) is 7.93. The minimum atomic E-state index is 0.765. The molecule has 1 rings (SSSR count). The van der Waals surface area contributed by atoms with E-state index in [0.29, 0.717) is 0 Å². The maximum absolute atomic E-state index is 5.56. The summed E-state index contributed by atoms with van der Waals surface area (Å²) in [6.45, 7) is 4.69. The number of hydrogen-bond donors (Lipinski definition) is 0. The minimum Gasteiger partial charge on any atom is -0.494 e. The summed E-state index contributed by atoms with van der Waals surface area (Å²) >= 11 is 0. The second-order valence-corrected chi connectivity index (χ2v) is 3.76. The lowest BCUT2D eigenvalue weighted by molar-refractivity contribution is 0.123. The van der Waals surface area contributed by atoms with Crippen LogP contribution in [-0.4, -0.2) is 19.8 Å². The fourth-order valence-corrected chi connectivity index (χ4v) is 1.31. The van der Waals surface area contributed by atoms with Crippen molar-refractivity contribution in [1.82, 2.24) is 0 Å². The monoisotopic (exact) mass is 221 g/mol. The van der Waals surface area contributed by atoms with Gasteiger partial charge in [0.05, 0.1) is 6.61 Å². The van der Waals surface area contributed by atoms with Gasteiger partial charge in [0.2, 0.25) is 0 Å². The molecule has 0 aromatic heterocycles. The largest absolute Gasteiger partial charge is 0.494 e. The molecular weight excluding hydrogens is 200 g/mol. The van der Waals surface area contributed by atoms with Crippen LogP contribution in [0.4, 0.5) is 0 Å². The van der Waals surface area contributed by atoms with E-state index < -0.39 is 0 Å². The van der Waals surface area contributed by atoms with E-state index in [0.717, 1.165) is 44.8 Å². The Balaban J connectivity index is 1.89. The number of ether oxygens (including phenoxy) is 2. The summed E-state index contributed by atoms with van der Waals surface area (Å²) in [5.74, 6) is 0.922. The van der Waals surface area contributed by atoms with Gasteiger partial charge in [-0.3, -0.25) is 0 Å². The van der Waals surface area contributed by atoms with Gasteiger partial charge < -0.3 is 9.47 Å². The zero-order valence-electron chi connectivity index (χ0n) is 10.1. The molecule has 2 heteroatoms. The lowest BCUT2D eigenvalue weighted by Crippen LogP contribution is -2.01. The Kier molecular flexibility index (Phi) is 7.52. The summed E-state index contributed by atoms with van der Waals surface area (Å²) in [7, 11) is 0. The maximum Gasteiger partial charge on any atom is 0.119 e. The highest BCUT2D eigenvalue weighted by Gasteiger charge is 1.92. The quantitative estimate of drug-likeness (QED) is 0.594. The average molecular weight is 221 g/mol. The van der Waals surface area contributed by atoms with Gasteiger partial charge in [0.1, 0.15) is 5.75 Å². The van der Waals surface area contributed by atoms with Crippen molar-refractivity contribution in [2.24, 2.45) is 0 Å². The third-order valence-corrected chi connectivity index (χ3v) is 2.28. The third kappa shape index (κ3) is 6.46.